The van der Waals surface area contributed by atoms with Crippen LogP contribution in [-0.2, 0) is 0 Å². The minimum Gasteiger partial charge on any atom is -0.368 e. The molecule has 1 saturated heterocycles. The molecule has 2 aliphatic rings. The van der Waals surface area contributed by atoms with Gasteiger partial charge in [-0.3, -0.25) is 4.79 Å². The molecule has 0 aromatic carbocycles. The van der Waals surface area contributed by atoms with Gasteiger partial charge in [0.05, 0.1) is 0 Å². The molecule has 1 atom stereocenters. The van der Waals surface area contributed by atoms with Gasteiger partial charge in [-0.25, -0.2) is 15.1 Å². The van der Waals surface area contributed by atoms with E-state index in [2.05, 4.69) is 36.4 Å². The molecule has 132 valence electrons. The standard InChI is InChI=1S/C18H24N6O/c25-18-8-7-17(22-23-18)24-9-2-1-6-14(24)11-19-16-10-15(20-12-21-16)13-4-3-5-13/h7-8,10,12-14H,1-6,9,11H2,(H,23,25)(H,19,20,21). The van der Waals surface area contributed by atoms with E-state index in [1.165, 1.54) is 31.7 Å². The number of piperidine rings is 1. The fraction of sp³-hybridized carbons (Fsp3) is 0.556. The first-order valence-electron chi connectivity index (χ1n) is 9.18. The van der Waals surface area contributed by atoms with Crippen LogP contribution in [0.5, 0.6) is 0 Å². The normalized spacial score (nSPS) is 21.0. The summed E-state index contributed by atoms with van der Waals surface area (Å²) in [6, 6.07) is 5.77. The van der Waals surface area contributed by atoms with E-state index < -0.39 is 0 Å². The number of nitrogens with zero attached hydrogens (tertiary/aromatic N) is 4. The van der Waals surface area contributed by atoms with Gasteiger partial charge in [-0.05, 0) is 38.2 Å². The lowest BCUT2D eigenvalue weighted by molar-refractivity contribution is 0.410. The molecule has 1 aliphatic heterocycles. The van der Waals surface area contributed by atoms with E-state index in [-0.39, 0.29) is 5.56 Å². The molecule has 25 heavy (non-hydrogen) atoms. The zero-order valence-corrected chi connectivity index (χ0v) is 14.3. The first-order chi connectivity index (χ1) is 12.3. The van der Waals surface area contributed by atoms with Gasteiger partial charge < -0.3 is 10.2 Å². The summed E-state index contributed by atoms with van der Waals surface area (Å²) in [6.45, 7) is 1.77. The van der Waals surface area contributed by atoms with Crippen molar-refractivity contribution in [2.45, 2.75) is 50.5 Å². The Balaban J connectivity index is 1.43. The molecule has 7 nitrogen and oxygen atoms in total. The topological polar surface area (TPSA) is 86.8 Å². The lowest BCUT2D eigenvalue weighted by atomic mass is 9.83. The van der Waals surface area contributed by atoms with E-state index in [4.69, 9.17) is 0 Å². The maximum atomic E-state index is 11.3. The van der Waals surface area contributed by atoms with E-state index in [0.717, 1.165) is 43.3 Å². The van der Waals surface area contributed by atoms with Gasteiger partial charge in [-0.1, -0.05) is 6.42 Å². The number of aromatic nitrogens is 4. The molecule has 4 rings (SSSR count). The molecule has 2 aromatic rings. The number of H-pyrrole nitrogens is 1. The van der Waals surface area contributed by atoms with Gasteiger partial charge in [0.25, 0.3) is 5.56 Å². The van der Waals surface area contributed by atoms with Crippen molar-refractivity contribution >= 4 is 11.6 Å². The second-order valence-corrected chi connectivity index (χ2v) is 6.96. The highest BCUT2D eigenvalue weighted by Crippen LogP contribution is 2.35. The molecule has 3 heterocycles. The van der Waals surface area contributed by atoms with Gasteiger partial charge >= 0.3 is 0 Å². The molecule has 1 aliphatic carbocycles. The van der Waals surface area contributed by atoms with Crippen LogP contribution in [0.1, 0.15) is 50.1 Å². The van der Waals surface area contributed by atoms with Gasteiger partial charge in [0.15, 0.2) is 0 Å². The molecule has 0 bridgehead atoms. The number of rotatable bonds is 5. The summed E-state index contributed by atoms with van der Waals surface area (Å²) in [5.74, 6) is 2.35. The van der Waals surface area contributed by atoms with Crippen LogP contribution in [-0.4, -0.2) is 39.3 Å². The molecular formula is C18H24N6O. The van der Waals surface area contributed by atoms with Crippen molar-refractivity contribution in [1.29, 1.82) is 0 Å². The van der Waals surface area contributed by atoms with Crippen LogP contribution in [0.4, 0.5) is 11.6 Å². The predicted molar refractivity (Wildman–Crippen MR) is 97.0 cm³/mol. The van der Waals surface area contributed by atoms with E-state index >= 15 is 0 Å². The summed E-state index contributed by atoms with van der Waals surface area (Å²) in [5.41, 5.74) is 0.992. The maximum absolute atomic E-state index is 11.3. The highest BCUT2D eigenvalue weighted by atomic mass is 16.1. The average Bonchev–Trinajstić information content (AvgIpc) is 2.60. The third-order valence-corrected chi connectivity index (χ3v) is 5.32. The number of hydrogen-bond donors (Lipinski definition) is 2. The van der Waals surface area contributed by atoms with Gasteiger partial charge in [0, 0.05) is 42.9 Å². The van der Waals surface area contributed by atoms with E-state index in [9.17, 15) is 4.79 Å². The molecule has 7 heteroatoms. The fourth-order valence-electron chi connectivity index (χ4n) is 3.63. The summed E-state index contributed by atoms with van der Waals surface area (Å²) in [6.07, 6.45) is 8.92. The molecule has 0 spiro atoms. The van der Waals surface area contributed by atoms with Gasteiger partial charge in [0.1, 0.15) is 18.0 Å². The zero-order valence-electron chi connectivity index (χ0n) is 14.3. The second kappa shape index (κ2) is 7.21. The van der Waals surface area contributed by atoms with Crippen LogP contribution in [0.2, 0.25) is 0 Å². The Hall–Kier alpha value is -2.44. The molecule has 2 fully saturated rings. The van der Waals surface area contributed by atoms with Crippen LogP contribution in [0.15, 0.2) is 29.3 Å². The Morgan fingerprint density at radius 3 is 2.84 bits per heavy atom. The quantitative estimate of drug-likeness (QED) is 0.868. The summed E-state index contributed by atoms with van der Waals surface area (Å²) >= 11 is 0. The molecular weight excluding hydrogens is 316 g/mol. The summed E-state index contributed by atoms with van der Waals surface area (Å²) < 4.78 is 0. The number of hydrogen-bond acceptors (Lipinski definition) is 6. The van der Waals surface area contributed by atoms with Crippen LogP contribution >= 0.6 is 0 Å². The Morgan fingerprint density at radius 2 is 2.08 bits per heavy atom. The third kappa shape index (κ3) is 3.65. The Morgan fingerprint density at radius 1 is 1.16 bits per heavy atom. The monoisotopic (exact) mass is 340 g/mol. The maximum Gasteiger partial charge on any atom is 0.264 e. The lowest BCUT2D eigenvalue weighted by Gasteiger charge is -2.36. The van der Waals surface area contributed by atoms with Crippen molar-refractivity contribution in [3.05, 3.63) is 40.6 Å². The van der Waals surface area contributed by atoms with Crippen molar-refractivity contribution in [3.63, 3.8) is 0 Å². The second-order valence-electron chi connectivity index (χ2n) is 6.96. The number of aromatic amines is 1. The number of anilines is 2. The van der Waals surface area contributed by atoms with Crippen LogP contribution in [0.3, 0.4) is 0 Å². The first kappa shape index (κ1) is 16.1. The SMILES string of the molecule is O=c1ccc(N2CCCCC2CNc2cc(C3CCC3)ncn2)n[nH]1. The minimum atomic E-state index is -0.167. The predicted octanol–water partition coefficient (Wildman–Crippen LogP) is 2.30. The molecule has 1 saturated carbocycles. The highest BCUT2D eigenvalue weighted by molar-refractivity contribution is 5.41. The highest BCUT2D eigenvalue weighted by Gasteiger charge is 2.24. The van der Waals surface area contributed by atoms with Gasteiger partial charge in [-0.2, -0.15) is 5.10 Å². The van der Waals surface area contributed by atoms with E-state index in [1.54, 1.807) is 12.4 Å². The third-order valence-electron chi connectivity index (χ3n) is 5.32. The molecule has 2 N–H and O–H groups in total. The molecule has 1 unspecified atom stereocenters. The molecule has 0 amide bonds. The Kier molecular flexibility index (Phi) is 4.63. The van der Waals surface area contributed by atoms with Gasteiger partial charge in [-0.15, -0.1) is 0 Å². The first-order valence-corrected chi connectivity index (χ1v) is 9.18. The Labute approximate surface area is 146 Å². The molecule has 2 aromatic heterocycles. The zero-order chi connectivity index (χ0) is 17.1. The minimum absolute atomic E-state index is 0.167. The van der Waals surface area contributed by atoms with Crippen molar-refractivity contribution in [2.75, 3.05) is 23.3 Å². The van der Waals surface area contributed by atoms with Crippen molar-refractivity contribution in [1.82, 2.24) is 20.2 Å². The average molecular weight is 340 g/mol. The van der Waals surface area contributed by atoms with Crippen LogP contribution < -0.4 is 15.8 Å². The fourth-order valence-corrected chi connectivity index (χ4v) is 3.63. The van der Waals surface area contributed by atoms with E-state index in [1.807, 2.05) is 0 Å². The lowest BCUT2D eigenvalue weighted by Crippen LogP contribution is -2.44. The summed E-state index contributed by atoms with van der Waals surface area (Å²) in [5, 5.41) is 10.2. The summed E-state index contributed by atoms with van der Waals surface area (Å²) in [4.78, 5) is 22.3. The smallest absolute Gasteiger partial charge is 0.264 e. The van der Waals surface area contributed by atoms with Crippen LogP contribution in [0.25, 0.3) is 0 Å². The molecule has 0 radical (unpaired) electrons. The van der Waals surface area contributed by atoms with Crippen molar-refractivity contribution < 1.29 is 0 Å². The van der Waals surface area contributed by atoms with Crippen LogP contribution in [0, 0.1) is 0 Å². The largest absolute Gasteiger partial charge is 0.368 e. The Bertz CT molecular complexity index is 752. The van der Waals surface area contributed by atoms with Crippen molar-refractivity contribution in [3.8, 4) is 0 Å². The van der Waals surface area contributed by atoms with E-state index in [0.29, 0.717) is 12.0 Å². The summed E-state index contributed by atoms with van der Waals surface area (Å²) in [7, 11) is 0. The number of nitrogens with one attached hydrogen (secondary N) is 2. The van der Waals surface area contributed by atoms with Gasteiger partial charge in [0.2, 0.25) is 0 Å². The van der Waals surface area contributed by atoms with Crippen molar-refractivity contribution in [2.24, 2.45) is 0 Å².